The third-order valence-corrected chi connectivity index (χ3v) is 4.25. The number of nitrogens with zero attached hydrogens (tertiary/aromatic N) is 3. The molecule has 0 aromatic carbocycles. The lowest BCUT2D eigenvalue weighted by Crippen LogP contribution is -2.56. The van der Waals surface area contributed by atoms with Gasteiger partial charge in [-0.15, -0.1) is 0 Å². The van der Waals surface area contributed by atoms with Crippen LogP contribution >= 0.6 is 0 Å². The number of rotatable bonds is 1. The molecule has 2 atom stereocenters. The van der Waals surface area contributed by atoms with Gasteiger partial charge in [0, 0.05) is 40.3 Å². The number of carbonyl (C=O) groups is 2. The molecule has 0 spiro atoms. The number of fused-ring (bicyclic) bond motifs is 2. The van der Waals surface area contributed by atoms with Gasteiger partial charge in [0.05, 0.1) is 6.26 Å². The smallest absolute Gasteiger partial charge is 0.319 e. The number of carbonyl (C=O) groups excluding carboxylic acids is 2. The van der Waals surface area contributed by atoms with E-state index in [1.807, 2.05) is 9.80 Å². The molecule has 6 nitrogen and oxygen atoms in total. The molecule has 1 aromatic heterocycles. The van der Waals surface area contributed by atoms with Crippen LogP contribution in [0.15, 0.2) is 22.8 Å². The Morgan fingerprint density at radius 3 is 2.29 bits per heavy atom. The molecule has 2 aliphatic heterocycles. The third kappa shape index (κ3) is 2.75. The van der Waals surface area contributed by atoms with Gasteiger partial charge in [0.15, 0.2) is 5.76 Å². The Kier molecular flexibility index (Phi) is 3.61. The first-order chi connectivity index (χ1) is 10.0. The van der Waals surface area contributed by atoms with Crippen molar-refractivity contribution in [2.75, 3.05) is 40.3 Å². The van der Waals surface area contributed by atoms with E-state index >= 15 is 0 Å². The molecule has 0 saturated carbocycles. The third-order valence-electron chi connectivity index (χ3n) is 4.25. The highest BCUT2D eigenvalue weighted by atomic mass is 16.3. The number of urea groups is 1. The predicted octanol–water partition coefficient (Wildman–Crippen LogP) is 1.36. The monoisotopic (exact) mass is 291 g/mol. The van der Waals surface area contributed by atoms with Gasteiger partial charge in [-0.05, 0) is 30.4 Å². The van der Waals surface area contributed by atoms with Crippen molar-refractivity contribution in [3.05, 3.63) is 24.2 Å². The fraction of sp³-hybridized carbons (Fsp3) is 0.600. The van der Waals surface area contributed by atoms with Gasteiger partial charge >= 0.3 is 6.03 Å². The topological polar surface area (TPSA) is 57.0 Å². The van der Waals surface area contributed by atoms with Crippen molar-refractivity contribution in [1.29, 1.82) is 0 Å². The Balaban J connectivity index is 1.67. The van der Waals surface area contributed by atoms with Crippen molar-refractivity contribution in [3.8, 4) is 0 Å². The number of amides is 3. The first-order valence-corrected chi connectivity index (χ1v) is 7.33. The molecule has 0 aliphatic carbocycles. The maximum atomic E-state index is 12.4. The SMILES string of the molecule is CN(C)C(=O)N1C[C@H]2C[C@@H](CN(C(=O)c3ccco3)C2)C1. The first kappa shape index (κ1) is 14.0. The highest BCUT2D eigenvalue weighted by molar-refractivity contribution is 5.91. The molecule has 3 heterocycles. The number of hydrogen-bond acceptors (Lipinski definition) is 3. The molecule has 0 radical (unpaired) electrons. The standard InChI is InChI=1S/C15H21N3O3/c1-16(2)15(20)18-9-11-6-12(10-18)8-17(7-11)14(19)13-4-3-5-21-13/h3-5,11-12H,6-10H2,1-2H3/t11-,12-/m0/s1. The number of hydrogen-bond donors (Lipinski definition) is 0. The summed E-state index contributed by atoms with van der Waals surface area (Å²) in [6, 6.07) is 3.50. The minimum absolute atomic E-state index is 0.0397. The van der Waals surface area contributed by atoms with Gasteiger partial charge in [-0.1, -0.05) is 0 Å². The van der Waals surface area contributed by atoms with Gasteiger partial charge in [-0.2, -0.15) is 0 Å². The van der Waals surface area contributed by atoms with Gasteiger partial charge in [-0.25, -0.2) is 4.79 Å². The van der Waals surface area contributed by atoms with Crippen LogP contribution < -0.4 is 0 Å². The van der Waals surface area contributed by atoms with Crippen LogP contribution in [-0.4, -0.2) is 66.9 Å². The van der Waals surface area contributed by atoms with Crippen molar-refractivity contribution in [2.24, 2.45) is 11.8 Å². The van der Waals surface area contributed by atoms with Crippen LogP contribution in [0.3, 0.4) is 0 Å². The highest BCUT2D eigenvalue weighted by Gasteiger charge is 2.38. The van der Waals surface area contributed by atoms with Gasteiger partial charge in [0.2, 0.25) is 0 Å². The quantitative estimate of drug-likeness (QED) is 0.785. The second kappa shape index (κ2) is 5.42. The van der Waals surface area contributed by atoms with Crippen LogP contribution in [0.5, 0.6) is 0 Å². The van der Waals surface area contributed by atoms with Gasteiger partial charge in [0.1, 0.15) is 0 Å². The van der Waals surface area contributed by atoms with E-state index in [2.05, 4.69) is 0 Å². The molecule has 2 bridgehead atoms. The molecule has 1 aromatic rings. The molecule has 3 amide bonds. The first-order valence-electron chi connectivity index (χ1n) is 7.33. The van der Waals surface area contributed by atoms with Crippen molar-refractivity contribution in [2.45, 2.75) is 6.42 Å². The minimum atomic E-state index is -0.0397. The Morgan fingerprint density at radius 2 is 1.76 bits per heavy atom. The van der Waals surface area contributed by atoms with E-state index in [0.29, 0.717) is 30.7 Å². The van der Waals surface area contributed by atoms with E-state index in [1.165, 1.54) is 6.26 Å². The zero-order valence-electron chi connectivity index (χ0n) is 12.5. The molecule has 21 heavy (non-hydrogen) atoms. The lowest BCUT2D eigenvalue weighted by Gasteiger charge is -2.46. The summed E-state index contributed by atoms with van der Waals surface area (Å²) in [7, 11) is 3.55. The summed E-state index contributed by atoms with van der Waals surface area (Å²) in [4.78, 5) is 29.8. The summed E-state index contributed by atoms with van der Waals surface area (Å²) in [5.41, 5.74) is 0. The maximum Gasteiger partial charge on any atom is 0.319 e. The van der Waals surface area contributed by atoms with Crippen LogP contribution in [-0.2, 0) is 0 Å². The molecule has 0 N–H and O–H groups in total. The molecule has 2 fully saturated rings. The van der Waals surface area contributed by atoms with Crippen LogP contribution in [0, 0.1) is 11.8 Å². The molecule has 6 heteroatoms. The number of furan rings is 1. The summed E-state index contributed by atoms with van der Waals surface area (Å²) >= 11 is 0. The van der Waals surface area contributed by atoms with Crippen molar-refractivity contribution in [1.82, 2.24) is 14.7 Å². The second-order valence-corrected chi connectivity index (χ2v) is 6.24. The zero-order chi connectivity index (χ0) is 15.0. The molecule has 2 saturated heterocycles. The lowest BCUT2D eigenvalue weighted by atomic mass is 9.84. The Bertz CT molecular complexity index is 512. The number of piperidine rings is 2. The van der Waals surface area contributed by atoms with E-state index in [0.717, 1.165) is 19.5 Å². The van der Waals surface area contributed by atoms with Gasteiger partial charge in [0.25, 0.3) is 5.91 Å². The minimum Gasteiger partial charge on any atom is -0.459 e. The Labute approximate surface area is 124 Å². The molecule has 114 valence electrons. The van der Waals surface area contributed by atoms with Crippen molar-refractivity contribution in [3.63, 3.8) is 0 Å². The fourth-order valence-electron chi connectivity index (χ4n) is 3.44. The molecular formula is C15H21N3O3. The van der Waals surface area contributed by atoms with Gasteiger partial charge < -0.3 is 19.1 Å². The average Bonchev–Trinajstić information content (AvgIpc) is 2.98. The fourth-order valence-corrected chi connectivity index (χ4v) is 3.44. The summed E-state index contributed by atoms with van der Waals surface area (Å²) in [5, 5.41) is 0. The second-order valence-electron chi connectivity index (χ2n) is 6.24. The molecule has 3 rings (SSSR count). The van der Waals surface area contributed by atoms with E-state index in [9.17, 15) is 9.59 Å². The predicted molar refractivity (Wildman–Crippen MR) is 76.9 cm³/mol. The van der Waals surface area contributed by atoms with Crippen LogP contribution in [0.2, 0.25) is 0 Å². The van der Waals surface area contributed by atoms with Crippen LogP contribution in [0.1, 0.15) is 17.0 Å². The summed E-state index contributed by atoms with van der Waals surface area (Å²) in [6.07, 6.45) is 2.62. The van der Waals surface area contributed by atoms with E-state index in [1.54, 1.807) is 31.1 Å². The van der Waals surface area contributed by atoms with Crippen molar-refractivity contribution >= 4 is 11.9 Å². The summed E-state index contributed by atoms with van der Waals surface area (Å²) in [6.45, 7) is 2.87. The lowest BCUT2D eigenvalue weighted by molar-refractivity contribution is 0.0305. The van der Waals surface area contributed by atoms with Crippen LogP contribution in [0.25, 0.3) is 0 Å². The van der Waals surface area contributed by atoms with Crippen molar-refractivity contribution < 1.29 is 14.0 Å². The summed E-state index contributed by atoms with van der Waals surface area (Å²) < 4.78 is 5.20. The number of likely N-dealkylation sites (tertiary alicyclic amines) is 2. The van der Waals surface area contributed by atoms with E-state index in [-0.39, 0.29) is 11.9 Å². The largest absolute Gasteiger partial charge is 0.459 e. The van der Waals surface area contributed by atoms with E-state index < -0.39 is 0 Å². The molecular weight excluding hydrogens is 270 g/mol. The molecule has 0 unspecified atom stereocenters. The average molecular weight is 291 g/mol. The maximum absolute atomic E-state index is 12.4. The zero-order valence-corrected chi connectivity index (χ0v) is 12.5. The Morgan fingerprint density at radius 1 is 1.14 bits per heavy atom. The normalized spacial score (nSPS) is 24.9. The van der Waals surface area contributed by atoms with Crippen LogP contribution in [0.4, 0.5) is 4.79 Å². The summed E-state index contributed by atoms with van der Waals surface area (Å²) in [5.74, 6) is 1.08. The highest BCUT2D eigenvalue weighted by Crippen LogP contribution is 2.29. The van der Waals surface area contributed by atoms with Gasteiger partial charge in [-0.3, -0.25) is 4.79 Å². The molecule has 2 aliphatic rings. The van der Waals surface area contributed by atoms with E-state index in [4.69, 9.17) is 4.42 Å². The Hall–Kier alpha value is -1.98.